The van der Waals surface area contributed by atoms with Gasteiger partial charge in [-0.15, -0.1) is 0 Å². The molecule has 0 unspecified atom stereocenters. The van der Waals surface area contributed by atoms with Gasteiger partial charge in [-0.3, -0.25) is 0 Å². The van der Waals surface area contributed by atoms with Crippen LogP contribution >= 0.6 is 0 Å². The molecule has 51 heavy (non-hydrogen) atoms. The van der Waals surface area contributed by atoms with E-state index in [1.807, 2.05) is 44.2 Å². The summed E-state index contributed by atoms with van der Waals surface area (Å²) in [5, 5.41) is 7.44. The van der Waals surface area contributed by atoms with Crippen molar-refractivity contribution < 1.29 is 4.74 Å². The van der Waals surface area contributed by atoms with Crippen molar-refractivity contribution in [3.05, 3.63) is 170 Å². The molecule has 3 heteroatoms. The quantitative estimate of drug-likeness (QED) is 0.133. The lowest BCUT2D eigenvalue weighted by atomic mass is 10.0. The molecule has 1 fully saturated rings. The third kappa shape index (κ3) is 5.56. The lowest BCUT2D eigenvalue weighted by Crippen LogP contribution is -1.97. The first kappa shape index (κ1) is 32.2. The maximum absolute atomic E-state index is 6.07. The molecular weight excluding hydrogens is 621 g/mol. The second-order valence-corrected chi connectivity index (χ2v) is 13.0. The molecule has 1 saturated carbocycles. The Morgan fingerprint density at radius 1 is 0.471 bits per heavy atom. The molecule has 0 spiro atoms. The number of aromatic nitrogens is 2. The van der Waals surface area contributed by atoms with Crippen molar-refractivity contribution in [3.63, 3.8) is 0 Å². The summed E-state index contributed by atoms with van der Waals surface area (Å²) in [4.78, 5) is 0. The molecule has 0 bridgehead atoms. The number of hydrogen-bond donors (Lipinski definition) is 0. The summed E-state index contributed by atoms with van der Waals surface area (Å²) in [5.41, 5.74) is 8.90. The van der Waals surface area contributed by atoms with Gasteiger partial charge in [-0.1, -0.05) is 156 Å². The number of rotatable bonds is 5. The smallest absolute Gasteiger partial charge is 0.127 e. The van der Waals surface area contributed by atoms with E-state index in [0.717, 1.165) is 16.8 Å². The Hall–Kier alpha value is -6.06. The van der Waals surface area contributed by atoms with Crippen molar-refractivity contribution in [2.75, 3.05) is 0 Å². The number of hydrogen-bond acceptors (Lipinski definition) is 1. The van der Waals surface area contributed by atoms with E-state index in [1.165, 1.54) is 85.6 Å². The van der Waals surface area contributed by atoms with E-state index in [4.69, 9.17) is 4.74 Å². The van der Waals surface area contributed by atoms with Gasteiger partial charge in [-0.25, -0.2) is 0 Å². The lowest BCUT2D eigenvalue weighted by molar-refractivity contribution is 0.474. The molecule has 0 radical (unpaired) electrons. The fourth-order valence-corrected chi connectivity index (χ4v) is 7.23. The number of nitrogens with zero attached hydrogens (tertiary/aromatic N) is 2. The van der Waals surface area contributed by atoms with Gasteiger partial charge in [0.25, 0.3) is 0 Å². The molecule has 9 aromatic rings. The average molecular weight is 663 g/mol. The summed E-state index contributed by atoms with van der Waals surface area (Å²) < 4.78 is 10.9. The zero-order valence-corrected chi connectivity index (χ0v) is 29.4. The average Bonchev–Trinajstić information content (AvgIpc) is 3.72. The van der Waals surface area contributed by atoms with Crippen LogP contribution in [0.1, 0.15) is 50.7 Å². The third-order valence-electron chi connectivity index (χ3n) is 10.0. The highest BCUT2D eigenvalue weighted by Gasteiger charge is 2.20. The molecule has 0 amide bonds. The molecular formula is C48H42N2O. The summed E-state index contributed by atoms with van der Waals surface area (Å²) >= 11 is 0. The standard InChI is InChI=1S/C42H28N2O.C4H8.C2H6/c1-27(29-12-4-3-5-13-29)45-28(2)30-20-23-32(24-21-30)43-38-18-10-9-17-36(38)37-25-22-31-26-40-35-16-7-6-14-33(35)34-15-8-11-19-39(34)44(40)41(31)42(37)43;1-2-4-3-1;1-2/h3-26H,1-2H2;1-4H2;1-2H3. The van der Waals surface area contributed by atoms with Gasteiger partial charge in [0, 0.05) is 43.7 Å². The van der Waals surface area contributed by atoms with Gasteiger partial charge in [-0.2, -0.15) is 0 Å². The second kappa shape index (κ2) is 13.7. The number of para-hydroxylation sites is 2. The fraction of sp³-hybridized carbons (Fsp3) is 0.125. The van der Waals surface area contributed by atoms with E-state index in [9.17, 15) is 0 Å². The summed E-state index contributed by atoms with van der Waals surface area (Å²) in [5.74, 6) is 1.14. The predicted octanol–water partition coefficient (Wildman–Crippen LogP) is 13.7. The number of pyridine rings is 1. The Balaban J connectivity index is 0.000000576. The molecule has 0 atom stereocenters. The SMILES string of the molecule is C1CCC1.C=C(OC(=C)c1ccc(-n2c3ccccc3c3ccc4cc5c6ccccc6c6ccccc6n5c4c32)cc1)c1ccccc1.CC. The molecule has 1 aliphatic rings. The van der Waals surface area contributed by atoms with Crippen molar-refractivity contribution in [1.82, 2.24) is 8.97 Å². The van der Waals surface area contributed by atoms with Crippen molar-refractivity contribution >= 4 is 71.4 Å². The predicted molar refractivity (Wildman–Crippen MR) is 220 cm³/mol. The molecule has 250 valence electrons. The Morgan fingerprint density at radius 3 is 1.61 bits per heavy atom. The van der Waals surface area contributed by atoms with E-state index < -0.39 is 0 Å². The molecule has 1 aliphatic carbocycles. The lowest BCUT2D eigenvalue weighted by Gasteiger charge is -2.14. The van der Waals surface area contributed by atoms with E-state index in [-0.39, 0.29) is 0 Å². The topological polar surface area (TPSA) is 18.6 Å². The number of ether oxygens (including phenoxy) is 1. The maximum atomic E-state index is 6.07. The van der Waals surface area contributed by atoms with Crippen LogP contribution < -0.4 is 0 Å². The van der Waals surface area contributed by atoms with Crippen LogP contribution in [0.25, 0.3) is 77.1 Å². The summed E-state index contributed by atoms with van der Waals surface area (Å²) in [6.45, 7) is 12.3. The molecule has 0 aliphatic heterocycles. The van der Waals surface area contributed by atoms with Crippen molar-refractivity contribution in [3.8, 4) is 5.69 Å². The Kier molecular flexibility index (Phi) is 8.63. The number of benzene rings is 6. The highest BCUT2D eigenvalue weighted by atomic mass is 16.5. The van der Waals surface area contributed by atoms with E-state index in [2.05, 4.69) is 137 Å². The van der Waals surface area contributed by atoms with Crippen LogP contribution in [0.3, 0.4) is 0 Å². The zero-order chi connectivity index (χ0) is 34.9. The largest absolute Gasteiger partial charge is 0.457 e. The van der Waals surface area contributed by atoms with Crippen LogP contribution in [-0.2, 0) is 4.74 Å². The highest BCUT2D eigenvalue weighted by molar-refractivity contribution is 6.22. The zero-order valence-electron chi connectivity index (χ0n) is 29.4. The van der Waals surface area contributed by atoms with E-state index in [1.54, 1.807) is 0 Å². The first-order valence-corrected chi connectivity index (χ1v) is 18.2. The van der Waals surface area contributed by atoms with Gasteiger partial charge < -0.3 is 13.7 Å². The van der Waals surface area contributed by atoms with E-state index in [0.29, 0.717) is 11.5 Å². The molecule has 3 aromatic heterocycles. The fourth-order valence-electron chi connectivity index (χ4n) is 7.23. The highest BCUT2D eigenvalue weighted by Crippen LogP contribution is 2.41. The minimum absolute atomic E-state index is 0.566. The molecule has 6 aromatic carbocycles. The Morgan fingerprint density at radius 2 is 0.980 bits per heavy atom. The van der Waals surface area contributed by atoms with Crippen molar-refractivity contribution in [1.29, 1.82) is 0 Å². The summed E-state index contributed by atoms with van der Waals surface area (Å²) in [7, 11) is 0. The first-order chi connectivity index (χ1) is 25.2. The molecule has 0 N–H and O–H groups in total. The minimum atomic E-state index is 0.566. The summed E-state index contributed by atoms with van der Waals surface area (Å²) in [6.07, 6.45) is 6.00. The molecule has 10 rings (SSSR count). The van der Waals surface area contributed by atoms with Gasteiger partial charge in [0.15, 0.2) is 0 Å². The minimum Gasteiger partial charge on any atom is -0.457 e. The Bertz CT molecular complexity index is 2700. The molecule has 0 saturated heterocycles. The van der Waals surface area contributed by atoms with Crippen LogP contribution in [0.4, 0.5) is 0 Å². The van der Waals surface area contributed by atoms with Gasteiger partial charge in [-0.05, 0) is 47.9 Å². The van der Waals surface area contributed by atoms with Crippen molar-refractivity contribution in [2.24, 2.45) is 0 Å². The maximum Gasteiger partial charge on any atom is 0.127 e. The van der Waals surface area contributed by atoms with Crippen LogP contribution in [-0.4, -0.2) is 8.97 Å². The van der Waals surface area contributed by atoms with E-state index >= 15 is 0 Å². The summed E-state index contributed by atoms with van der Waals surface area (Å²) in [6, 6.07) is 51.4. The van der Waals surface area contributed by atoms with Crippen LogP contribution in [0, 0.1) is 0 Å². The van der Waals surface area contributed by atoms with Crippen LogP contribution in [0.2, 0.25) is 0 Å². The number of fused-ring (bicyclic) bond motifs is 12. The molecule has 3 nitrogen and oxygen atoms in total. The third-order valence-corrected chi connectivity index (χ3v) is 10.0. The molecule has 3 heterocycles. The van der Waals surface area contributed by atoms with Gasteiger partial charge in [0.05, 0.1) is 27.6 Å². The van der Waals surface area contributed by atoms with Crippen LogP contribution in [0.15, 0.2) is 159 Å². The second-order valence-electron chi connectivity index (χ2n) is 13.0. The normalized spacial score (nSPS) is 12.4. The Labute approximate surface area is 299 Å². The van der Waals surface area contributed by atoms with Gasteiger partial charge in [0.2, 0.25) is 0 Å². The van der Waals surface area contributed by atoms with Gasteiger partial charge >= 0.3 is 0 Å². The van der Waals surface area contributed by atoms with Gasteiger partial charge in [0.1, 0.15) is 11.5 Å². The van der Waals surface area contributed by atoms with Crippen LogP contribution in [0.5, 0.6) is 0 Å². The van der Waals surface area contributed by atoms with Crippen molar-refractivity contribution in [2.45, 2.75) is 39.5 Å². The monoisotopic (exact) mass is 662 g/mol. The first-order valence-electron chi connectivity index (χ1n) is 18.2.